The number of carbonyl (C=O) groups is 1. The molecule has 19 heavy (non-hydrogen) atoms. The molecule has 0 saturated heterocycles. The van der Waals surface area contributed by atoms with E-state index < -0.39 is 0 Å². The minimum atomic E-state index is -0.386. The summed E-state index contributed by atoms with van der Waals surface area (Å²) in [4.78, 5) is 12.4. The molecule has 0 saturated carbocycles. The Labute approximate surface area is 130 Å². The average Bonchev–Trinajstić information content (AvgIpc) is 2.45. The molecule has 0 aliphatic heterocycles. The van der Waals surface area contributed by atoms with Crippen LogP contribution in [0.4, 0.5) is 0 Å². The number of rotatable bonds is 6. The first-order chi connectivity index (χ1) is 9.01. The summed E-state index contributed by atoms with van der Waals surface area (Å²) in [5.41, 5.74) is 0.0174. The Hall–Kier alpha value is -0.750. The zero-order valence-electron chi connectivity index (χ0n) is 11.1. The minimum absolute atomic E-state index is 0.226. The number of halogens is 2. The summed E-state index contributed by atoms with van der Waals surface area (Å²) in [5, 5.41) is 4.23. The van der Waals surface area contributed by atoms with Gasteiger partial charge < -0.3 is 14.8 Å². The zero-order chi connectivity index (χ0) is 14.5. The maximum Gasteiger partial charge on any atom is 0.259 e. The third kappa shape index (κ3) is 3.86. The number of alkyl halides is 2. The average molecular weight is 395 g/mol. The third-order valence-electron chi connectivity index (χ3n) is 2.66. The van der Waals surface area contributed by atoms with Crippen LogP contribution in [0.1, 0.15) is 17.3 Å². The predicted octanol–water partition coefficient (Wildman–Crippen LogP) is 2.98. The quantitative estimate of drug-likeness (QED) is 0.754. The van der Waals surface area contributed by atoms with Gasteiger partial charge in [-0.1, -0.05) is 37.9 Å². The fraction of sp³-hybridized carbons (Fsp3) is 0.462. The number of benzene rings is 1. The topological polar surface area (TPSA) is 47.6 Å². The summed E-state index contributed by atoms with van der Waals surface area (Å²) in [6.45, 7) is 1.94. The Kier molecular flexibility index (Phi) is 6.13. The van der Waals surface area contributed by atoms with Crippen molar-refractivity contribution in [1.29, 1.82) is 0 Å². The molecule has 1 aromatic rings. The molecule has 0 heterocycles. The van der Waals surface area contributed by atoms with Gasteiger partial charge in [-0.2, -0.15) is 0 Å². The van der Waals surface area contributed by atoms with Crippen LogP contribution in [-0.2, 0) is 0 Å². The van der Waals surface area contributed by atoms with E-state index in [0.717, 1.165) is 0 Å². The molecule has 6 heteroatoms. The molecule has 1 rings (SSSR count). The van der Waals surface area contributed by atoms with Crippen LogP contribution < -0.4 is 14.8 Å². The molecule has 0 aliphatic rings. The van der Waals surface area contributed by atoms with E-state index in [1.165, 1.54) is 14.2 Å². The SMILES string of the molecule is COc1cccc(OC)c1C(=O)NC(C)(CBr)CBr. The summed E-state index contributed by atoms with van der Waals surface area (Å²) in [6, 6.07) is 5.25. The summed E-state index contributed by atoms with van der Waals surface area (Å²) < 4.78 is 10.5. The number of methoxy groups -OCH3 is 2. The van der Waals surface area contributed by atoms with Crippen molar-refractivity contribution >= 4 is 37.8 Å². The summed E-state index contributed by atoms with van der Waals surface area (Å²) >= 11 is 6.79. The molecule has 4 nitrogen and oxygen atoms in total. The van der Waals surface area contributed by atoms with Crippen LogP contribution in [0.25, 0.3) is 0 Å². The molecule has 0 fully saturated rings. The number of ether oxygens (including phenoxy) is 2. The standard InChI is InChI=1S/C13H17Br2NO3/c1-13(7-14,8-15)16-12(17)11-9(18-2)5-4-6-10(11)19-3/h4-6H,7-8H2,1-3H3,(H,16,17). The van der Waals surface area contributed by atoms with Crippen molar-refractivity contribution in [3.05, 3.63) is 23.8 Å². The summed E-state index contributed by atoms with van der Waals surface area (Å²) in [7, 11) is 3.06. The Balaban J connectivity index is 3.11. The van der Waals surface area contributed by atoms with Gasteiger partial charge in [-0.3, -0.25) is 4.79 Å². The zero-order valence-corrected chi connectivity index (χ0v) is 14.3. The number of hydrogen-bond donors (Lipinski definition) is 1. The Morgan fingerprint density at radius 1 is 1.21 bits per heavy atom. The molecule has 106 valence electrons. The molecule has 0 atom stereocenters. The lowest BCUT2D eigenvalue weighted by Crippen LogP contribution is -2.49. The van der Waals surface area contributed by atoms with Crippen molar-refractivity contribution in [2.75, 3.05) is 24.9 Å². The first-order valence-corrected chi connectivity index (χ1v) is 7.91. The van der Waals surface area contributed by atoms with Crippen molar-refractivity contribution < 1.29 is 14.3 Å². The molecule has 0 radical (unpaired) electrons. The van der Waals surface area contributed by atoms with E-state index >= 15 is 0 Å². The van der Waals surface area contributed by atoms with E-state index in [-0.39, 0.29) is 11.4 Å². The van der Waals surface area contributed by atoms with Crippen LogP contribution in [0.2, 0.25) is 0 Å². The van der Waals surface area contributed by atoms with Crippen molar-refractivity contribution in [3.63, 3.8) is 0 Å². The lowest BCUT2D eigenvalue weighted by Gasteiger charge is -2.27. The molecule has 1 aromatic carbocycles. The lowest BCUT2D eigenvalue weighted by molar-refractivity contribution is 0.0916. The highest BCUT2D eigenvalue weighted by Crippen LogP contribution is 2.28. The molecule has 0 aliphatic carbocycles. The van der Waals surface area contributed by atoms with Crippen LogP contribution >= 0.6 is 31.9 Å². The highest BCUT2D eigenvalue weighted by atomic mass is 79.9. The van der Waals surface area contributed by atoms with Gasteiger partial charge in [0.2, 0.25) is 0 Å². The molecular weight excluding hydrogens is 378 g/mol. The molecule has 0 bridgehead atoms. The maximum absolute atomic E-state index is 12.4. The fourth-order valence-electron chi connectivity index (χ4n) is 1.51. The second-order valence-electron chi connectivity index (χ2n) is 4.32. The van der Waals surface area contributed by atoms with Gasteiger partial charge in [0.05, 0.1) is 19.8 Å². The largest absolute Gasteiger partial charge is 0.496 e. The smallest absolute Gasteiger partial charge is 0.259 e. The van der Waals surface area contributed by atoms with Crippen molar-refractivity contribution in [1.82, 2.24) is 5.32 Å². The van der Waals surface area contributed by atoms with E-state index in [2.05, 4.69) is 37.2 Å². The number of nitrogens with one attached hydrogen (secondary N) is 1. The van der Waals surface area contributed by atoms with Crippen molar-refractivity contribution in [2.45, 2.75) is 12.5 Å². The van der Waals surface area contributed by atoms with E-state index in [9.17, 15) is 4.79 Å². The Morgan fingerprint density at radius 2 is 1.68 bits per heavy atom. The molecule has 1 amide bonds. The van der Waals surface area contributed by atoms with Gasteiger partial charge in [-0.15, -0.1) is 0 Å². The normalized spacial score (nSPS) is 11.0. The number of amides is 1. The Morgan fingerprint density at radius 3 is 2.05 bits per heavy atom. The van der Waals surface area contributed by atoms with Crippen LogP contribution in [0.15, 0.2) is 18.2 Å². The summed E-state index contributed by atoms with van der Waals surface area (Å²) in [5.74, 6) is 0.752. The van der Waals surface area contributed by atoms with Gasteiger partial charge in [0.15, 0.2) is 0 Å². The molecular formula is C13H17Br2NO3. The molecule has 0 spiro atoms. The van der Waals surface area contributed by atoms with Gasteiger partial charge in [0.25, 0.3) is 5.91 Å². The highest BCUT2D eigenvalue weighted by molar-refractivity contribution is 9.09. The van der Waals surface area contributed by atoms with Crippen LogP contribution in [0.5, 0.6) is 11.5 Å². The highest BCUT2D eigenvalue weighted by Gasteiger charge is 2.27. The van der Waals surface area contributed by atoms with Gasteiger partial charge in [0, 0.05) is 10.7 Å². The molecule has 0 aromatic heterocycles. The fourth-order valence-corrected chi connectivity index (χ4v) is 2.72. The number of hydrogen-bond acceptors (Lipinski definition) is 3. The second kappa shape index (κ2) is 7.14. The van der Waals surface area contributed by atoms with Gasteiger partial charge in [-0.25, -0.2) is 0 Å². The lowest BCUT2D eigenvalue weighted by atomic mass is 10.1. The van der Waals surface area contributed by atoms with E-state index in [4.69, 9.17) is 9.47 Å². The van der Waals surface area contributed by atoms with Crippen molar-refractivity contribution in [2.24, 2.45) is 0 Å². The van der Waals surface area contributed by atoms with E-state index in [1.807, 2.05) is 6.92 Å². The maximum atomic E-state index is 12.4. The monoisotopic (exact) mass is 393 g/mol. The Bertz CT molecular complexity index is 425. The van der Waals surface area contributed by atoms with Crippen LogP contribution in [0, 0.1) is 0 Å². The van der Waals surface area contributed by atoms with Crippen LogP contribution in [0.3, 0.4) is 0 Å². The van der Waals surface area contributed by atoms with Gasteiger partial charge in [0.1, 0.15) is 17.1 Å². The van der Waals surface area contributed by atoms with E-state index in [1.54, 1.807) is 18.2 Å². The second-order valence-corrected chi connectivity index (χ2v) is 5.44. The number of carbonyl (C=O) groups excluding carboxylic acids is 1. The van der Waals surface area contributed by atoms with Crippen molar-refractivity contribution in [3.8, 4) is 11.5 Å². The van der Waals surface area contributed by atoms with Crippen LogP contribution in [-0.4, -0.2) is 36.3 Å². The van der Waals surface area contributed by atoms with E-state index in [0.29, 0.717) is 27.7 Å². The minimum Gasteiger partial charge on any atom is -0.496 e. The summed E-state index contributed by atoms with van der Waals surface area (Å²) in [6.07, 6.45) is 0. The molecule has 0 unspecified atom stereocenters. The van der Waals surface area contributed by atoms with Gasteiger partial charge in [-0.05, 0) is 19.1 Å². The first kappa shape index (κ1) is 16.3. The molecule has 1 N–H and O–H groups in total. The third-order valence-corrected chi connectivity index (χ3v) is 5.14. The first-order valence-electron chi connectivity index (χ1n) is 5.66. The van der Waals surface area contributed by atoms with Gasteiger partial charge >= 0.3 is 0 Å². The predicted molar refractivity (Wildman–Crippen MR) is 83.0 cm³/mol.